The summed E-state index contributed by atoms with van der Waals surface area (Å²) in [6.45, 7) is 13.9. The van der Waals surface area contributed by atoms with E-state index in [4.69, 9.17) is 19.0 Å². The molecule has 6 heteroatoms. The molecule has 0 saturated carbocycles. The lowest BCUT2D eigenvalue weighted by atomic mass is 9.79. The fourth-order valence-corrected chi connectivity index (χ4v) is 3.30. The molecule has 2 aliphatic rings. The summed E-state index contributed by atoms with van der Waals surface area (Å²) in [5.41, 5.74) is 2.29. The lowest BCUT2D eigenvalue weighted by molar-refractivity contribution is -0.0634. The minimum atomic E-state index is -0.356. The van der Waals surface area contributed by atoms with Crippen LogP contribution in [0.4, 0.5) is 0 Å². The number of nitrogens with zero attached hydrogens (tertiary/aromatic N) is 2. The third-order valence-corrected chi connectivity index (χ3v) is 5.51. The molecule has 128 valence electrons. The highest BCUT2D eigenvalue weighted by Crippen LogP contribution is 2.36. The van der Waals surface area contributed by atoms with Gasteiger partial charge >= 0.3 is 7.12 Å². The van der Waals surface area contributed by atoms with E-state index in [0.717, 1.165) is 28.9 Å². The Bertz CT molecular complexity index is 794. The van der Waals surface area contributed by atoms with Crippen LogP contribution in [-0.2, 0) is 27.2 Å². The number of fused-ring (bicyclic) bond motifs is 3. The fourth-order valence-electron chi connectivity index (χ4n) is 3.30. The number of imidazole rings is 1. The molecule has 0 unspecified atom stereocenters. The Hall–Kier alpha value is -1.37. The monoisotopic (exact) mass is 328 g/mol. The van der Waals surface area contributed by atoms with E-state index in [1.54, 1.807) is 0 Å². The standard InChI is InChI=1S/C18H25BN2O3/c1-16(2)11-21-14-8-7-12(9-13(14)20-15(21)10-22-16)19-23-17(3,4)18(5,6)24-19/h7-9H,10-11H2,1-6H3. The van der Waals surface area contributed by atoms with Crippen LogP contribution < -0.4 is 5.46 Å². The van der Waals surface area contributed by atoms with Crippen molar-refractivity contribution >= 4 is 23.6 Å². The number of hydrogen-bond acceptors (Lipinski definition) is 4. The van der Waals surface area contributed by atoms with Crippen LogP contribution in [-0.4, -0.2) is 33.5 Å². The predicted molar refractivity (Wildman–Crippen MR) is 94.3 cm³/mol. The summed E-state index contributed by atoms with van der Waals surface area (Å²) in [6.07, 6.45) is 0. The number of benzene rings is 1. The van der Waals surface area contributed by atoms with Crippen LogP contribution in [0, 0.1) is 0 Å². The number of rotatable bonds is 1. The third kappa shape index (κ3) is 2.39. The molecule has 0 atom stereocenters. The van der Waals surface area contributed by atoms with Gasteiger partial charge in [-0.1, -0.05) is 6.07 Å². The molecular formula is C18H25BN2O3. The summed E-state index contributed by atoms with van der Waals surface area (Å²) < 4.78 is 20.4. The maximum atomic E-state index is 6.15. The van der Waals surface area contributed by atoms with E-state index >= 15 is 0 Å². The van der Waals surface area contributed by atoms with Crippen LogP contribution in [0.1, 0.15) is 47.4 Å². The molecule has 1 fully saturated rings. The summed E-state index contributed by atoms with van der Waals surface area (Å²) >= 11 is 0. The third-order valence-electron chi connectivity index (χ3n) is 5.51. The summed E-state index contributed by atoms with van der Waals surface area (Å²) in [7, 11) is -0.356. The lowest BCUT2D eigenvalue weighted by Gasteiger charge is -2.32. The van der Waals surface area contributed by atoms with Gasteiger partial charge in [0.25, 0.3) is 0 Å². The van der Waals surface area contributed by atoms with Gasteiger partial charge in [-0.25, -0.2) is 4.98 Å². The highest BCUT2D eigenvalue weighted by atomic mass is 16.7. The lowest BCUT2D eigenvalue weighted by Crippen LogP contribution is -2.41. The van der Waals surface area contributed by atoms with Crippen LogP contribution in [0.2, 0.25) is 0 Å². The second kappa shape index (κ2) is 4.84. The number of hydrogen-bond donors (Lipinski definition) is 0. The van der Waals surface area contributed by atoms with Crippen LogP contribution >= 0.6 is 0 Å². The SMILES string of the molecule is CC1(C)Cn2c(nc3cc(B4OC(C)(C)C(C)(C)O4)ccc32)CO1. The first kappa shape index (κ1) is 16.1. The molecular weight excluding hydrogens is 303 g/mol. The summed E-state index contributed by atoms with van der Waals surface area (Å²) in [5, 5.41) is 0. The zero-order valence-corrected chi connectivity index (χ0v) is 15.3. The molecule has 3 heterocycles. The molecule has 0 radical (unpaired) electrons. The van der Waals surface area contributed by atoms with Crippen molar-refractivity contribution in [3.63, 3.8) is 0 Å². The topological polar surface area (TPSA) is 45.5 Å². The normalized spacial score (nSPS) is 24.3. The molecule has 0 spiro atoms. The van der Waals surface area contributed by atoms with Crippen LogP contribution in [0.15, 0.2) is 18.2 Å². The minimum Gasteiger partial charge on any atom is -0.399 e. The molecule has 2 aromatic rings. The van der Waals surface area contributed by atoms with E-state index < -0.39 is 0 Å². The maximum Gasteiger partial charge on any atom is 0.494 e. The van der Waals surface area contributed by atoms with Gasteiger partial charge in [-0.2, -0.15) is 0 Å². The van der Waals surface area contributed by atoms with Gasteiger partial charge in [0, 0.05) is 0 Å². The van der Waals surface area contributed by atoms with Crippen molar-refractivity contribution in [3.8, 4) is 0 Å². The second-order valence-electron chi connectivity index (χ2n) is 8.50. The molecule has 4 rings (SSSR count). The molecule has 0 bridgehead atoms. The van der Waals surface area contributed by atoms with Crippen molar-refractivity contribution in [2.75, 3.05) is 0 Å². The van der Waals surface area contributed by atoms with Gasteiger partial charge in [-0.05, 0) is 59.1 Å². The van der Waals surface area contributed by atoms with Gasteiger partial charge in [0.05, 0.1) is 34.4 Å². The van der Waals surface area contributed by atoms with E-state index in [2.05, 4.69) is 64.3 Å². The van der Waals surface area contributed by atoms with Crippen molar-refractivity contribution in [1.82, 2.24) is 9.55 Å². The van der Waals surface area contributed by atoms with Gasteiger partial charge in [-0.15, -0.1) is 0 Å². The Morgan fingerprint density at radius 2 is 1.71 bits per heavy atom. The Morgan fingerprint density at radius 1 is 1.04 bits per heavy atom. The zero-order chi connectivity index (χ0) is 17.3. The quantitative estimate of drug-likeness (QED) is 0.755. The number of ether oxygens (including phenoxy) is 1. The van der Waals surface area contributed by atoms with Crippen LogP contribution in [0.25, 0.3) is 11.0 Å². The van der Waals surface area contributed by atoms with Crippen molar-refractivity contribution in [1.29, 1.82) is 0 Å². The molecule has 0 amide bonds. The highest BCUT2D eigenvalue weighted by molar-refractivity contribution is 6.62. The van der Waals surface area contributed by atoms with E-state index in [1.165, 1.54) is 0 Å². The van der Waals surface area contributed by atoms with Crippen molar-refractivity contribution < 1.29 is 14.0 Å². The Balaban J connectivity index is 1.71. The average Bonchev–Trinajstić information content (AvgIpc) is 2.91. The van der Waals surface area contributed by atoms with Crippen molar-refractivity contribution in [3.05, 3.63) is 24.0 Å². The summed E-state index contributed by atoms with van der Waals surface area (Å²) in [4.78, 5) is 4.75. The Morgan fingerprint density at radius 3 is 2.38 bits per heavy atom. The van der Waals surface area contributed by atoms with E-state index in [1.807, 2.05) is 0 Å². The number of aromatic nitrogens is 2. The molecule has 0 N–H and O–H groups in total. The molecule has 0 aliphatic carbocycles. The molecule has 5 nitrogen and oxygen atoms in total. The Kier molecular flexibility index (Phi) is 3.25. The fraction of sp³-hybridized carbons (Fsp3) is 0.611. The summed E-state index contributed by atoms with van der Waals surface area (Å²) in [5.74, 6) is 0.982. The highest BCUT2D eigenvalue weighted by Gasteiger charge is 2.51. The predicted octanol–water partition coefficient (Wildman–Crippen LogP) is 2.64. The average molecular weight is 328 g/mol. The van der Waals surface area contributed by atoms with Gasteiger partial charge < -0.3 is 18.6 Å². The van der Waals surface area contributed by atoms with Gasteiger partial charge in [0.2, 0.25) is 0 Å². The maximum absolute atomic E-state index is 6.15. The first-order chi connectivity index (χ1) is 11.1. The van der Waals surface area contributed by atoms with Gasteiger partial charge in [0.1, 0.15) is 12.4 Å². The largest absolute Gasteiger partial charge is 0.494 e. The second-order valence-corrected chi connectivity index (χ2v) is 8.50. The first-order valence-corrected chi connectivity index (χ1v) is 8.57. The molecule has 1 aromatic heterocycles. The van der Waals surface area contributed by atoms with Crippen LogP contribution in [0.5, 0.6) is 0 Å². The van der Waals surface area contributed by atoms with Crippen molar-refractivity contribution in [2.45, 2.75) is 71.5 Å². The minimum absolute atomic E-state index is 0.162. The zero-order valence-electron chi connectivity index (χ0n) is 15.3. The smallest absolute Gasteiger partial charge is 0.399 e. The van der Waals surface area contributed by atoms with E-state index in [0.29, 0.717) is 6.61 Å². The van der Waals surface area contributed by atoms with Crippen molar-refractivity contribution in [2.24, 2.45) is 0 Å². The summed E-state index contributed by atoms with van der Waals surface area (Å²) in [6, 6.07) is 6.28. The van der Waals surface area contributed by atoms with Gasteiger partial charge in [-0.3, -0.25) is 0 Å². The van der Waals surface area contributed by atoms with Crippen LogP contribution in [0.3, 0.4) is 0 Å². The first-order valence-electron chi connectivity index (χ1n) is 8.57. The molecule has 1 saturated heterocycles. The molecule has 1 aromatic carbocycles. The van der Waals surface area contributed by atoms with Gasteiger partial charge in [0.15, 0.2) is 0 Å². The van der Waals surface area contributed by atoms with E-state index in [-0.39, 0.29) is 23.9 Å². The molecule has 24 heavy (non-hydrogen) atoms. The molecule has 2 aliphatic heterocycles. The Labute approximate surface area is 143 Å². The van der Waals surface area contributed by atoms with E-state index in [9.17, 15) is 0 Å².